The molecule has 0 bridgehead atoms. The van der Waals surface area contributed by atoms with E-state index in [1.165, 1.54) is 18.2 Å². The number of alkyl halides is 1. The van der Waals surface area contributed by atoms with Crippen molar-refractivity contribution in [1.29, 1.82) is 0 Å². The van der Waals surface area contributed by atoms with Gasteiger partial charge in [-0.05, 0) is 25.0 Å². The molecule has 1 heterocycles. The first-order chi connectivity index (χ1) is 3.39. The van der Waals surface area contributed by atoms with E-state index in [9.17, 15) is 4.39 Å². The van der Waals surface area contributed by atoms with Crippen LogP contribution in [0.3, 0.4) is 0 Å². The lowest BCUT2D eigenvalue weighted by Crippen LogP contribution is -2.01. The van der Waals surface area contributed by atoms with Gasteiger partial charge >= 0.3 is 0 Å². The molecule has 0 aromatic rings. The van der Waals surface area contributed by atoms with Gasteiger partial charge in [-0.15, -0.1) is 11.8 Å². The van der Waals surface area contributed by atoms with Crippen LogP contribution in [0.25, 0.3) is 0 Å². The Labute approximate surface area is 47.5 Å². The molecule has 1 unspecified atom stereocenters. The highest BCUT2D eigenvalue weighted by atomic mass is 32.2. The second-order valence-corrected chi connectivity index (χ2v) is 3.03. The Morgan fingerprint density at radius 3 is 2.57 bits per heavy atom. The van der Waals surface area contributed by atoms with Crippen LogP contribution < -0.4 is 0 Å². The van der Waals surface area contributed by atoms with Gasteiger partial charge in [0.25, 0.3) is 0 Å². The van der Waals surface area contributed by atoms with Crippen molar-refractivity contribution in [3.8, 4) is 0 Å². The molecule has 0 nitrogen and oxygen atoms in total. The third-order valence-electron chi connectivity index (χ3n) is 1.12. The Kier molecular flexibility index (Phi) is 1.98. The zero-order chi connectivity index (χ0) is 5.11. The number of rotatable bonds is 0. The summed E-state index contributed by atoms with van der Waals surface area (Å²) in [4.78, 5) is 0. The molecule has 1 saturated heterocycles. The van der Waals surface area contributed by atoms with Gasteiger partial charge in [0.05, 0.1) is 0 Å². The second-order valence-electron chi connectivity index (χ2n) is 1.78. The summed E-state index contributed by atoms with van der Waals surface area (Å²) in [7, 11) is 0. The lowest BCUT2D eigenvalue weighted by Gasteiger charge is -2.11. The van der Waals surface area contributed by atoms with E-state index < -0.39 is 5.50 Å². The van der Waals surface area contributed by atoms with E-state index in [2.05, 4.69) is 0 Å². The van der Waals surface area contributed by atoms with Crippen LogP contribution in [0.15, 0.2) is 0 Å². The highest BCUT2D eigenvalue weighted by molar-refractivity contribution is 7.99. The molecule has 1 atom stereocenters. The average molecular weight is 120 g/mol. The van der Waals surface area contributed by atoms with Gasteiger partial charge in [-0.3, -0.25) is 0 Å². The minimum Gasteiger partial charge on any atom is -0.236 e. The molecule has 1 aliphatic heterocycles. The Morgan fingerprint density at radius 2 is 2.29 bits per heavy atom. The molecule has 1 aliphatic rings. The molecule has 0 radical (unpaired) electrons. The van der Waals surface area contributed by atoms with Gasteiger partial charge in [-0.1, -0.05) is 0 Å². The highest BCUT2D eigenvalue weighted by Gasteiger charge is 2.10. The SMILES string of the molecule is FC1CCCCS1. The third-order valence-corrected chi connectivity index (χ3v) is 2.25. The maximum absolute atomic E-state index is 12.1. The first-order valence-electron chi connectivity index (χ1n) is 2.65. The fourth-order valence-electron chi connectivity index (χ4n) is 0.701. The van der Waals surface area contributed by atoms with Crippen LogP contribution in [0.1, 0.15) is 19.3 Å². The predicted octanol–water partition coefficient (Wildman–Crippen LogP) is 2.20. The lowest BCUT2D eigenvalue weighted by molar-refractivity contribution is 0.409. The normalized spacial score (nSPS) is 33.0. The van der Waals surface area contributed by atoms with Gasteiger partial charge in [-0.25, -0.2) is 4.39 Å². The summed E-state index contributed by atoms with van der Waals surface area (Å²) in [5.41, 5.74) is -0.547. The third kappa shape index (κ3) is 1.68. The Bertz CT molecular complexity index is 50.0. The van der Waals surface area contributed by atoms with E-state index >= 15 is 0 Å². The molecular weight excluding hydrogens is 111 g/mol. The molecule has 1 fully saturated rings. The Hall–Kier alpha value is 0.280. The van der Waals surface area contributed by atoms with E-state index in [4.69, 9.17) is 0 Å². The van der Waals surface area contributed by atoms with E-state index in [1.807, 2.05) is 0 Å². The second kappa shape index (κ2) is 2.55. The Balaban J connectivity index is 2.12. The minimum atomic E-state index is -0.547. The average Bonchev–Trinajstić information content (AvgIpc) is 1.69. The molecular formula is C5H9FS. The van der Waals surface area contributed by atoms with Crippen molar-refractivity contribution in [2.24, 2.45) is 0 Å². The van der Waals surface area contributed by atoms with E-state index in [0.717, 1.165) is 18.6 Å². The summed E-state index contributed by atoms with van der Waals surface area (Å²) in [6.45, 7) is 0. The largest absolute Gasteiger partial charge is 0.236 e. The van der Waals surface area contributed by atoms with E-state index in [-0.39, 0.29) is 0 Å². The maximum Gasteiger partial charge on any atom is 0.145 e. The summed E-state index contributed by atoms with van der Waals surface area (Å²) in [6.07, 6.45) is 3.09. The summed E-state index contributed by atoms with van der Waals surface area (Å²) in [5, 5.41) is 0. The van der Waals surface area contributed by atoms with Crippen molar-refractivity contribution in [3.05, 3.63) is 0 Å². The molecule has 7 heavy (non-hydrogen) atoms. The maximum atomic E-state index is 12.1. The summed E-state index contributed by atoms with van der Waals surface area (Å²) >= 11 is 1.45. The van der Waals surface area contributed by atoms with Crippen LogP contribution in [0, 0.1) is 0 Å². The van der Waals surface area contributed by atoms with Crippen molar-refractivity contribution in [1.82, 2.24) is 0 Å². The Morgan fingerprint density at radius 1 is 1.43 bits per heavy atom. The van der Waals surface area contributed by atoms with Crippen molar-refractivity contribution >= 4 is 11.8 Å². The van der Waals surface area contributed by atoms with Crippen molar-refractivity contribution in [2.75, 3.05) is 5.75 Å². The van der Waals surface area contributed by atoms with Gasteiger partial charge in [0.1, 0.15) is 5.50 Å². The number of hydrogen-bond donors (Lipinski definition) is 0. The monoisotopic (exact) mass is 120 g/mol. The van der Waals surface area contributed by atoms with Crippen molar-refractivity contribution in [3.63, 3.8) is 0 Å². The molecule has 0 aliphatic carbocycles. The molecule has 0 spiro atoms. The van der Waals surface area contributed by atoms with E-state index in [1.54, 1.807) is 0 Å². The van der Waals surface area contributed by atoms with Gasteiger partial charge in [0.2, 0.25) is 0 Å². The van der Waals surface area contributed by atoms with Gasteiger partial charge < -0.3 is 0 Å². The molecule has 2 heteroatoms. The molecule has 0 aromatic heterocycles. The number of hydrogen-bond acceptors (Lipinski definition) is 1. The molecule has 1 rings (SSSR count). The first kappa shape index (κ1) is 5.42. The predicted molar refractivity (Wildman–Crippen MR) is 31.2 cm³/mol. The first-order valence-corrected chi connectivity index (χ1v) is 3.70. The standard InChI is InChI=1S/C5H9FS/c6-5-3-1-2-4-7-5/h5H,1-4H2. The van der Waals surface area contributed by atoms with Crippen LogP contribution in [-0.2, 0) is 0 Å². The molecule has 42 valence electrons. The van der Waals surface area contributed by atoms with Gasteiger partial charge in [-0.2, -0.15) is 0 Å². The minimum absolute atomic E-state index is 0.547. The molecule has 0 amide bonds. The van der Waals surface area contributed by atoms with Crippen LogP contribution in [-0.4, -0.2) is 11.3 Å². The molecule has 0 saturated carbocycles. The van der Waals surface area contributed by atoms with Crippen molar-refractivity contribution < 1.29 is 4.39 Å². The smallest absolute Gasteiger partial charge is 0.145 e. The zero-order valence-corrected chi connectivity index (χ0v) is 5.01. The molecule has 0 N–H and O–H groups in total. The topological polar surface area (TPSA) is 0 Å². The van der Waals surface area contributed by atoms with E-state index in [0.29, 0.717) is 0 Å². The van der Waals surface area contributed by atoms with Crippen LogP contribution >= 0.6 is 11.8 Å². The highest BCUT2D eigenvalue weighted by Crippen LogP contribution is 2.25. The van der Waals surface area contributed by atoms with Crippen LogP contribution in [0.5, 0.6) is 0 Å². The van der Waals surface area contributed by atoms with Gasteiger partial charge in [0.15, 0.2) is 0 Å². The van der Waals surface area contributed by atoms with Crippen molar-refractivity contribution in [2.45, 2.75) is 24.8 Å². The lowest BCUT2D eigenvalue weighted by atomic mass is 10.3. The summed E-state index contributed by atoms with van der Waals surface area (Å²) in [5.74, 6) is 1.03. The molecule has 0 aromatic carbocycles. The summed E-state index contributed by atoms with van der Waals surface area (Å²) in [6, 6.07) is 0. The fourth-order valence-corrected chi connectivity index (χ4v) is 1.66. The number of halogens is 1. The quantitative estimate of drug-likeness (QED) is 0.472. The summed E-state index contributed by atoms with van der Waals surface area (Å²) < 4.78 is 12.1. The van der Waals surface area contributed by atoms with Gasteiger partial charge in [0, 0.05) is 0 Å². The zero-order valence-electron chi connectivity index (χ0n) is 4.19. The van der Waals surface area contributed by atoms with Crippen LogP contribution in [0.2, 0.25) is 0 Å². The number of thioether (sulfide) groups is 1. The fraction of sp³-hybridized carbons (Fsp3) is 1.00. The van der Waals surface area contributed by atoms with Crippen LogP contribution in [0.4, 0.5) is 4.39 Å².